The zero-order valence-corrected chi connectivity index (χ0v) is 21.9. The lowest BCUT2D eigenvalue weighted by atomic mass is 9.71. The van der Waals surface area contributed by atoms with Gasteiger partial charge in [-0.25, -0.2) is 0 Å². The van der Waals surface area contributed by atoms with Crippen LogP contribution in [-0.4, -0.2) is 69.1 Å². The average molecular weight is 483 g/mol. The molecule has 188 valence electrons. The molecule has 3 fully saturated rings. The molecular formula is C25H42N2O5S. The first kappa shape index (κ1) is 26.3. The number of hydrogen-bond donors (Lipinski definition) is 2. The topological polar surface area (TPSA) is 95.9 Å². The van der Waals surface area contributed by atoms with E-state index in [0.717, 1.165) is 32.1 Å². The summed E-state index contributed by atoms with van der Waals surface area (Å²) < 4.78 is 4.79. The van der Waals surface area contributed by atoms with Crippen LogP contribution in [0.3, 0.4) is 0 Å². The summed E-state index contributed by atoms with van der Waals surface area (Å²) in [7, 11) is 0. The molecule has 8 heteroatoms. The van der Waals surface area contributed by atoms with Crippen LogP contribution in [0.25, 0.3) is 0 Å². The van der Waals surface area contributed by atoms with Crippen LogP contribution >= 0.6 is 11.8 Å². The number of nitrogens with zero attached hydrogens (tertiary/aromatic N) is 1. The Labute approximate surface area is 202 Å². The Morgan fingerprint density at radius 2 is 1.91 bits per heavy atom. The number of rotatable bonds is 10. The molecule has 0 saturated carbocycles. The van der Waals surface area contributed by atoms with Gasteiger partial charge in [0, 0.05) is 23.9 Å². The molecule has 3 aliphatic rings. The molecule has 3 rings (SSSR count). The van der Waals surface area contributed by atoms with Gasteiger partial charge >= 0.3 is 5.97 Å². The van der Waals surface area contributed by atoms with Crippen molar-refractivity contribution in [2.45, 2.75) is 102 Å². The Bertz CT molecular complexity index is 764. The summed E-state index contributed by atoms with van der Waals surface area (Å²) in [6.07, 6.45) is 4.58. The zero-order valence-electron chi connectivity index (χ0n) is 21.1. The van der Waals surface area contributed by atoms with Crippen LogP contribution in [-0.2, 0) is 19.1 Å². The van der Waals surface area contributed by atoms with Gasteiger partial charge < -0.3 is 20.1 Å². The van der Waals surface area contributed by atoms with E-state index in [0.29, 0.717) is 13.0 Å². The van der Waals surface area contributed by atoms with Crippen molar-refractivity contribution in [3.63, 3.8) is 0 Å². The number of ether oxygens (including phenoxy) is 1. The SMILES string of the molecule is CCOC(=O)[C@@H]1[C@H]2C(=O)N(CCCCCO)C(C(=O)NC(C)(C)CC(C)(C)C)C23CC[C@H]1S3. The van der Waals surface area contributed by atoms with Crippen LogP contribution < -0.4 is 5.32 Å². The number of thioether (sulfide) groups is 1. The van der Waals surface area contributed by atoms with Crippen molar-refractivity contribution in [2.24, 2.45) is 17.3 Å². The minimum absolute atomic E-state index is 0.0347. The van der Waals surface area contributed by atoms with Gasteiger partial charge in [-0.15, -0.1) is 11.8 Å². The van der Waals surface area contributed by atoms with E-state index < -0.39 is 28.2 Å². The molecule has 7 nitrogen and oxygen atoms in total. The fourth-order valence-corrected chi connectivity index (χ4v) is 8.75. The van der Waals surface area contributed by atoms with Crippen molar-refractivity contribution in [2.75, 3.05) is 19.8 Å². The van der Waals surface area contributed by atoms with E-state index in [1.165, 1.54) is 0 Å². The van der Waals surface area contributed by atoms with Gasteiger partial charge in [0.05, 0.1) is 23.2 Å². The molecule has 2 N–H and O–H groups in total. The largest absolute Gasteiger partial charge is 0.466 e. The van der Waals surface area contributed by atoms with Gasteiger partial charge in [0.15, 0.2) is 0 Å². The van der Waals surface area contributed by atoms with Crippen LogP contribution in [0, 0.1) is 17.3 Å². The maximum atomic E-state index is 13.8. The second-order valence-corrected chi connectivity index (χ2v) is 13.3. The van der Waals surface area contributed by atoms with Gasteiger partial charge in [0.2, 0.25) is 11.8 Å². The lowest BCUT2D eigenvalue weighted by Crippen LogP contribution is -2.58. The molecule has 0 radical (unpaired) electrons. The van der Waals surface area contributed by atoms with E-state index in [-0.39, 0.29) is 41.7 Å². The maximum Gasteiger partial charge on any atom is 0.310 e. The lowest BCUT2D eigenvalue weighted by Gasteiger charge is -2.38. The Balaban J connectivity index is 1.90. The number of carbonyl (C=O) groups excluding carboxylic acids is 3. The Kier molecular flexibility index (Phi) is 7.79. The van der Waals surface area contributed by atoms with Gasteiger partial charge in [-0.1, -0.05) is 20.8 Å². The molecule has 2 bridgehead atoms. The standard InChI is InChI=1S/C25H42N2O5S/c1-7-32-22(31)17-16-11-12-25(33-16)18(17)21(30)27(13-9-8-10-14-28)19(25)20(29)26-24(5,6)15-23(2,3)4/h16-19,28H,7-15H2,1-6H3,(H,26,29)/t16-,17+,18+,19?,25?/m1/s1. The summed E-state index contributed by atoms with van der Waals surface area (Å²) >= 11 is 1.67. The molecule has 1 spiro atoms. The van der Waals surface area contributed by atoms with E-state index in [1.807, 2.05) is 13.8 Å². The number of likely N-dealkylation sites (tertiary alicyclic amines) is 1. The maximum absolute atomic E-state index is 13.8. The first-order chi connectivity index (χ1) is 15.4. The van der Waals surface area contributed by atoms with E-state index in [2.05, 4.69) is 26.1 Å². The lowest BCUT2D eigenvalue weighted by molar-refractivity contribution is -0.153. The zero-order chi connectivity index (χ0) is 24.6. The summed E-state index contributed by atoms with van der Waals surface area (Å²) in [6, 6.07) is -0.585. The molecular weight excluding hydrogens is 440 g/mol. The Morgan fingerprint density at radius 1 is 1.21 bits per heavy atom. The number of unbranched alkanes of at least 4 members (excludes halogenated alkanes) is 2. The van der Waals surface area contributed by atoms with Crippen molar-refractivity contribution in [3.05, 3.63) is 0 Å². The molecule has 3 aliphatic heterocycles. The van der Waals surface area contributed by atoms with Crippen molar-refractivity contribution in [1.82, 2.24) is 10.2 Å². The van der Waals surface area contributed by atoms with Crippen molar-refractivity contribution in [1.29, 1.82) is 0 Å². The van der Waals surface area contributed by atoms with Crippen molar-refractivity contribution in [3.8, 4) is 0 Å². The molecule has 33 heavy (non-hydrogen) atoms. The number of fused-ring (bicyclic) bond motifs is 1. The molecule has 0 aromatic rings. The number of nitrogens with one attached hydrogen (secondary N) is 1. The quantitative estimate of drug-likeness (QED) is 0.367. The van der Waals surface area contributed by atoms with Crippen LogP contribution in [0.15, 0.2) is 0 Å². The molecule has 0 aromatic heterocycles. The van der Waals surface area contributed by atoms with Crippen LogP contribution in [0.4, 0.5) is 0 Å². The predicted molar refractivity (Wildman–Crippen MR) is 130 cm³/mol. The van der Waals surface area contributed by atoms with Gasteiger partial charge in [0.1, 0.15) is 6.04 Å². The van der Waals surface area contributed by atoms with E-state index in [4.69, 9.17) is 9.84 Å². The van der Waals surface area contributed by atoms with Crippen LogP contribution in [0.5, 0.6) is 0 Å². The first-order valence-electron chi connectivity index (χ1n) is 12.4. The Hall–Kier alpha value is -1.28. The Morgan fingerprint density at radius 3 is 2.52 bits per heavy atom. The molecule has 2 unspecified atom stereocenters. The summed E-state index contributed by atoms with van der Waals surface area (Å²) in [6.45, 7) is 13.2. The van der Waals surface area contributed by atoms with Crippen molar-refractivity contribution < 1.29 is 24.2 Å². The minimum Gasteiger partial charge on any atom is -0.466 e. The normalized spacial score (nSPS) is 31.1. The third kappa shape index (κ3) is 5.21. The third-order valence-corrected chi connectivity index (χ3v) is 9.05. The minimum atomic E-state index is -0.585. The molecule has 2 amide bonds. The highest BCUT2D eigenvalue weighted by Crippen LogP contribution is 2.66. The smallest absolute Gasteiger partial charge is 0.310 e. The van der Waals surface area contributed by atoms with E-state index >= 15 is 0 Å². The monoisotopic (exact) mass is 482 g/mol. The third-order valence-electron chi connectivity index (χ3n) is 7.10. The number of aliphatic hydroxyl groups is 1. The molecule has 3 heterocycles. The average Bonchev–Trinajstić information content (AvgIpc) is 3.30. The second kappa shape index (κ2) is 9.76. The highest BCUT2D eigenvalue weighted by Gasteiger charge is 2.73. The van der Waals surface area contributed by atoms with Gasteiger partial charge in [-0.05, 0) is 64.7 Å². The number of esters is 1. The van der Waals surface area contributed by atoms with Gasteiger partial charge in [0.25, 0.3) is 0 Å². The molecule has 0 aliphatic carbocycles. The molecule has 5 atom stereocenters. The molecule has 0 aromatic carbocycles. The van der Waals surface area contributed by atoms with Gasteiger partial charge in [-0.3, -0.25) is 14.4 Å². The highest BCUT2D eigenvalue weighted by molar-refractivity contribution is 8.02. The fourth-order valence-electron chi connectivity index (χ4n) is 6.54. The summed E-state index contributed by atoms with van der Waals surface area (Å²) in [5, 5.41) is 12.4. The number of hydrogen-bond acceptors (Lipinski definition) is 6. The summed E-state index contributed by atoms with van der Waals surface area (Å²) in [5.74, 6) is -1.47. The van der Waals surface area contributed by atoms with Crippen LogP contribution in [0.2, 0.25) is 0 Å². The highest BCUT2D eigenvalue weighted by atomic mass is 32.2. The summed E-state index contributed by atoms with van der Waals surface area (Å²) in [4.78, 5) is 42.2. The molecule has 3 saturated heterocycles. The van der Waals surface area contributed by atoms with Gasteiger partial charge in [-0.2, -0.15) is 0 Å². The van der Waals surface area contributed by atoms with E-state index in [9.17, 15) is 14.4 Å². The summed E-state index contributed by atoms with van der Waals surface area (Å²) in [5.41, 5.74) is -0.375. The predicted octanol–water partition coefficient (Wildman–Crippen LogP) is 3.13. The second-order valence-electron chi connectivity index (χ2n) is 11.7. The first-order valence-corrected chi connectivity index (χ1v) is 13.3. The van der Waals surface area contributed by atoms with Crippen LogP contribution in [0.1, 0.15) is 80.1 Å². The van der Waals surface area contributed by atoms with Crippen molar-refractivity contribution >= 4 is 29.5 Å². The number of amides is 2. The van der Waals surface area contributed by atoms with E-state index in [1.54, 1.807) is 23.6 Å². The number of aliphatic hydroxyl groups excluding tert-OH is 1. The fraction of sp³-hybridized carbons (Fsp3) is 0.880. The number of carbonyl (C=O) groups is 3.